The van der Waals surface area contributed by atoms with Gasteiger partial charge in [-0.05, 0) is 0 Å². The Morgan fingerprint density at radius 3 is 2.93 bits per heavy atom. The molecule has 0 fully saturated rings. The maximum Gasteiger partial charge on any atom is 0.120 e. The second-order valence-corrected chi connectivity index (χ2v) is 2.87. The van der Waals surface area contributed by atoms with Crippen LogP contribution in [0.15, 0.2) is 6.20 Å². The zero-order chi connectivity index (χ0) is 10.4. The highest BCUT2D eigenvalue weighted by Crippen LogP contribution is 2.09. The highest BCUT2D eigenvalue weighted by atomic mass is 16.5. The molecule has 1 aromatic rings. The second kappa shape index (κ2) is 5.69. The summed E-state index contributed by atoms with van der Waals surface area (Å²) in [6.07, 6.45) is 0.830. The Bertz CT molecular complexity index is 264. The van der Waals surface area contributed by atoms with Crippen LogP contribution in [-0.2, 0) is 16.5 Å². The fraction of sp³-hybridized carbons (Fsp3) is 0.750. The van der Waals surface area contributed by atoms with Crippen molar-refractivity contribution in [2.24, 2.45) is 7.05 Å². The molecular formula is C8H15N3O3. The summed E-state index contributed by atoms with van der Waals surface area (Å²) >= 11 is 0. The molecule has 14 heavy (non-hydrogen) atoms. The predicted octanol–water partition coefficient (Wildman–Crippen LogP) is -0.489. The van der Waals surface area contributed by atoms with Gasteiger partial charge in [-0.3, -0.25) is 0 Å². The zero-order valence-electron chi connectivity index (χ0n) is 8.38. The summed E-state index contributed by atoms with van der Waals surface area (Å²) in [4.78, 5) is 0. The Balaban J connectivity index is 2.28. The number of aliphatic hydroxyl groups excluding tert-OH is 1. The molecule has 0 radical (unpaired) electrons. The molecule has 80 valence electrons. The average Bonchev–Trinajstić information content (AvgIpc) is 2.59. The van der Waals surface area contributed by atoms with E-state index in [0.29, 0.717) is 18.9 Å². The monoisotopic (exact) mass is 201 g/mol. The molecular weight excluding hydrogens is 186 g/mol. The first-order chi connectivity index (χ1) is 6.75. The smallest absolute Gasteiger partial charge is 0.120 e. The van der Waals surface area contributed by atoms with E-state index in [4.69, 9.17) is 9.47 Å². The molecule has 0 aliphatic heterocycles. The number of hydrogen-bond acceptors (Lipinski definition) is 5. The molecule has 1 heterocycles. The van der Waals surface area contributed by atoms with Gasteiger partial charge in [-0.25, -0.2) is 4.68 Å². The van der Waals surface area contributed by atoms with Gasteiger partial charge in [0.2, 0.25) is 0 Å². The van der Waals surface area contributed by atoms with Crippen LogP contribution in [-0.4, -0.2) is 47.0 Å². The largest absolute Gasteiger partial charge is 0.384 e. The van der Waals surface area contributed by atoms with E-state index in [1.807, 2.05) is 0 Å². The SMILES string of the molecule is COCCOCC(O)c1cnnn1C. The van der Waals surface area contributed by atoms with Crippen LogP contribution in [0.1, 0.15) is 11.8 Å². The fourth-order valence-corrected chi connectivity index (χ4v) is 1.02. The summed E-state index contributed by atoms with van der Waals surface area (Å²) in [5.41, 5.74) is 0.641. The molecule has 1 N–H and O–H groups in total. The Morgan fingerprint density at radius 2 is 2.36 bits per heavy atom. The van der Waals surface area contributed by atoms with Gasteiger partial charge in [0.05, 0.1) is 31.7 Å². The Labute approximate surface area is 82.4 Å². The van der Waals surface area contributed by atoms with Crippen molar-refractivity contribution in [1.82, 2.24) is 15.0 Å². The van der Waals surface area contributed by atoms with Crippen LogP contribution in [0.5, 0.6) is 0 Å². The van der Waals surface area contributed by atoms with Crippen LogP contribution >= 0.6 is 0 Å². The van der Waals surface area contributed by atoms with Crippen molar-refractivity contribution in [3.8, 4) is 0 Å². The number of aryl methyl sites for hydroxylation is 1. The van der Waals surface area contributed by atoms with Crippen molar-refractivity contribution in [1.29, 1.82) is 0 Å². The molecule has 1 aromatic heterocycles. The molecule has 1 unspecified atom stereocenters. The zero-order valence-corrected chi connectivity index (χ0v) is 8.38. The minimum atomic E-state index is -0.688. The summed E-state index contributed by atoms with van der Waals surface area (Å²) in [6, 6.07) is 0. The molecule has 0 spiro atoms. The first-order valence-corrected chi connectivity index (χ1v) is 4.35. The van der Waals surface area contributed by atoms with Crippen molar-refractivity contribution >= 4 is 0 Å². The molecule has 0 saturated heterocycles. The molecule has 6 heteroatoms. The van der Waals surface area contributed by atoms with Crippen LogP contribution < -0.4 is 0 Å². The Kier molecular flexibility index (Phi) is 4.51. The van der Waals surface area contributed by atoms with Gasteiger partial charge in [-0.15, -0.1) is 5.10 Å². The van der Waals surface area contributed by atoms with Crippen LogP contribution in [0.2, 0.25) is 0 Å². The van der Waals surface area contributed by atoms with E-state index in [1.165, 1.54) is 10.9 Å². The van der Waals surface area contributed by atoms with E-state index in [1.54, 1.807) is 14.2 Å². The van der Waals surface area contributed by atoms with Crippen molar-refractivity contribution in [2.45, 2.75) is 6.10 Å². The highest BCUT2D eigenvalue weighted by molar-refractivity contribution is 4.97. The first kappa shape index (κ1) is 11.1. The third-order valence-electron chi connectivity index (χ3n) is 1.80. The van der Waals surface area contributed by atoms with E-state index < -0.39 is 6.10 Å². The number of aromatic nitrogens is 3. The molecule has 0 bridgehead atoms. The minimum Gasteiger partial charge on any atom is -0.384 e. The topological polar surface area (TPSA) is 69.4 Å². The maximum atomic E-state index is 9.62. The average molecular weight is 201 g/mol. The lowest BCUT2D eigenvalue weighted by Gasteiger charge is -2.10. The standard InChI is InChI=1S/C8H15N3O3/c1-11-7(5-9-10-11)8(12)6-14-4-3-13-2/h5,8,12H,3-4,6H2,1-2H3. The van der Waals surface area contributed by atoms with E-state index in [2.05, 4.69) is 10.3 Å². The van der Waals surface area contributed by atoms with E-state index >= 15 is 0 Å². The highest BCUT2D eigenvalue weighted by Gasteiger charge is 2.11. The molecule has 0 saturated carbocycles. The normalized spacial score (nSPS) is 13.1. The third kappa shape index (κ3) is 3.06. The fourth-order valence-electron chi connectivity index (χ4n) is 1.02. The summed E-state index contributed by atoms with van der Waals surface area (Å²) in [5.74, 6) is 0. The van der Waals surface area contributed by atoms with Crippen LogP contribution in [0, 0.1) is 0 Å². The third-order valence-corrected chi connectivity index (χ3v) is 1.80. The summed E-state index contributed by atoms with van der Waals surface area (Å²) in [5, 5.41) is 17.0. The van der Waals surface area contributed by atoms with Crippen molar-refractivity contribution in [3.05, 3.63) is 11.9 Å². The number of ether oxygens (including phenoxy) is 2. The Hall–Kier alpha value is -0.980. The Morgan fingerprint density at radius 1 is 1.57 bits per heavy atom. The number of hydrogen-bond donors (Lipinski definition) is 1. The van der Waals surface area contributed by atoms with Gasteiger partial charge in [0.1, 0.15) is 6.10 Å². The van der Waals surface area contributed by atoms with Gasteiger partial charge in [0.15, 0.2) is 0 Å². The van der Waals surface area contributed by atoms with Gasteiger partial charge in [-0.1, -0.05) is 5.21 Å². The second-order valence-electron chi connectivity index (χ2n) is 2.87. The first-order valence-electron chi connectivity index (χ1n) is 4.35. The van der Waals surface area contributed by atoms with E-state index in [-0.39, 0.29) is 6.61 Å². The van der Waals surface area contributed by atoms with E-state index in [9.17, 15) is 5.11 Å². The van der Waals surface area contributed by atoms with Crippen molar-refractivity contribution < 1.29 is 14.6 Å². The molecule has 0 aliphatic carbocycles. The van der Waals surface area contributed by atoms with Gasteiger partial charge < -0.3 is 14.6 Å². The van der Waals surface area contributed by atoms with Gasteiger partial charge in [-0.2, -0.15) is 0 Å². The quantitative estimate of drug-likeness (QED) is 0.629. The summed E-state index contributed by atoms with van der Waals surface area (Å²) in [7, 11) is 3.32. The summed E-state index contributed by atoms with van der Waals surface area (Å²) in [6.45, 7) is 1.22. The minimum absolute atomic E-state index is 0.227. The molecule has 0 amide bonds. The van der Waals surface area contributed by atoms with Gasteiger partial charge in [0.25, 0.3) is 0 Å². The molecule has 6 nitrogen and oxygen atoms in total. The van der Waals surface area contributed by atoms with Crippen molar-refractivity contribution in [3.63, 3.8) is 0 Å². The lowest BCUT2D eigenvalue weighted by atomic mass is 10.3. The van der Waals surface area contributed by atoms with Crippen LogP contribution in [0.25, 0.3) is 0 Å². The van der Waals surface area contributed by atoms with Crippen LogP contribution in [0.3, 0.4) is 0 Å². The number of nitrogens with zero attached hydrogens (tertiary/aromatic N) is 3. The maximum absolute atomic E-state index is 9.62. The number of aliphatic hydroxyl groups is 1. The molecule has 0 aromatic carbocycles. The van der Waals surface area contributed by atoms with Crippen LogP contribution in [0.4, 0.5) is 0 Å². The number of methoxy groups -OCH3 is 1. The predicted molar refractivity (Wildman–Crippen MR) is 48.7 cm³/mol. The summed E-state index contributed by atoms with van der Waals surface area (Å²) < 4.78 is 11.5. The number of rotatable bonds is 6. The lowest BCUT2D eigenvalue weighted by molar-refractivity contribution is 0.00972. The lowest BCUT2D eigenvalue weighted by Crippen LogP contribution is -2.13. The van der Waals surface area contributed by atoms with E-state index in [0.717, 1.165) is 0 Å². The van der Waals surface area contributed by atoms with Gasteiger partial charge >= 0.3 is 0 Å². The molecule has 1 atom stereocenters. The molecule has 0 aliphatic rings. The van der Waals surface area contributed by atoms with Gasteiger partial charge in [0, 0.05) is 14.2 Å². The van der Waals surface area contributed by atoms with Crippen molar-refractivity contribution in [2.75, 3.05) is 26.9 Å². The molecule has 1 rings (SSSR count).